The summed E-state index contributed by atoms with van der Waals surface area (Å²) in [5.41, 5.74) is 4.11. The smallest absolute Gasteiger partial charge is 0.270 e. The number of pyridine rings is 1. The number of nitrogens with one attached hydrogen (secondary N) is 2. The molecule has 0 aliphatic heterocycles. The van der Waals surface area contributed by atoms with Crippen LogP contribution >= 0.6 is 0 Å². The highest BCUT2D eigenvalue weighted by atomic mass is 19.1. The Labute approximate surface area is 145 Å². The van der Waals surface area contributed by atoms with Crippen LogP contribution in [0.2, 0.25) is 0 Å². The molecule has 126 valence electrons. The van der Waals surface area contributed by atoms with E-state index in [0.717, 1.165) is 16.9 Å². The fraction of sp³-hybridized carbons (Fsp3) is 0.100. The maximum atomic E-state index is 12.9. The first-order valence-electron chi connectivity index (χ1n) is 7.92. The van der Waals surface area contributed by atoms with Crippen LogP contribution in [0.5, 0.6) is 0 Å². The molecule has 25 heavy (non-hydrogen) atoms. The van der Waals surface area contributed by atoms with Gasteiger partial charge in [0, 0.05) is 12.2 Å². The lowest BCUT2D eigenvalue weighted by atomic mass is 10.2. The van der Waals surface area contributed by atoms with Crippen LogP contribution in [0, 0.1) is 12.7 Å². The third kappa shape index (κ3) is 4.64. The summed E-state index contributed by atoms with van der Waals surface area (Å²) in [4.78, 5) is 16.3. The summed E-state index contributed by atoms with van der Waals surface area (Å²) in [5.74, 6) is -0.570. The molecule has 0 saturated carbocycles. The third-order valence-corrected chi connectivity index (χ3v) is 3.70. The molecule has 2 N–H and O–H groups in total. The van der Waals surface area contributed by atoms with Crippen molar-refractivity contribution in [1.82, 2.24) is 10.3 Å². The predicted octanol–water partition coefficient (Wildman–Crippen LogP) is 4.20. The molecule has 1 amide bonds. The second kappa shape index (κ2) is 7.57. The molecule has 3 rings (SSSR count). The molecule has 3 aromatic rings. The number of anilines is 2. The van der Waals surface area contributed by atoms with Crippen molar-refractivity contribution in [2.24, 2.45) is 0 Å². The first-order valence-corrected chi connectivity index (χ1v) is 7.92. The van der Waals surface area contributed by atoms with Gasteiger partial charge in [0.15, 0.2) is 0 Å². The number of carbonyl (C=O) groups is 1. The van der Waals surface area contributed by atoms with Gasteiger partial charge in [-0.2, -0.15) is 0 Å². The number of hydrogen-bond donors (Lipinski definition) is 2. The lowest BCUT2D eigenvalue weighted by molar-refractivity contribution is 0.0946. The highest BCUT2D eigenvalue weighted by molar-refractivity contribution is 5.92. The second-order valence-electron chi connectivity index (χ2n) is 5.73. The SMILES string of the molecule is Cc1ccc(Nc2ccc(C(=O)NCc3ccc(F)cc3)nc2)cc1. The number of halogens is 1. The van der Waals surface area contributed by atoms with E-state index in [9.17, 15) is 9.18 Å². The maximum absolute atomic E-state index is 12.9. The Bertz CT molecular complexity index is 844. The second-order valence-corrected chi connectivity index (χ2v) is 5.73. The number of benzene rings is 2. The minimum atomic E-state index is -0.298. The lowest BCUT2D eigenvalue weighted by Gasteiger charge is -2.08. The van der Waals surface area contributed by atoms with Crippen molar-refractivity contribution in [3.05, 3.63) is 89.5 Å². The van der Waals surface area contributed by atoms with Crippen molar-refractivity contribution in [3.8, 4) is 0 Å². The molecule has 1 heterocycles. The van der Waals surface area contributed by atoms with Crippen molar-refractivity contribution in [2.75, 3.05) is 5.32 Å². The van der Waals surface area contributed by atoms with Crippen LogP contribution in [0.3, 0.4) is 0 Å². The van der Waals surface area contributed by atoms with E-state index in [-0.39, 0.29) is 11.7 Å². The quantitative estimate of drug-likeness (QED) is 0.735. The normalized spacial score (nSPS) is 10.3. The average Bonchev–Trinajstić information content (AvgIpc) is 2.63. The Balaban J connectivity index is 1.58. The minimum Gasteiger partial charge on any atom is -0.354 e. The molecule has 0 unspecified atom stereocenters. The number of aryl methyl sites for hydroxylation is 1. The highest BCUT2D eigenvalue weighted by Gasteiger charge is 2.07. The number of carbonyl (C=O) groups excluding carboxylic acids is 1. The topological polar surface area (TPSA) is 54.0 Å². The van der Waals surface area contributed by atoms with Crippen LogP contribution in [0.15, 0.2) is 66.9 Å². The third-order valence-electron chi connectivity index (χ3n) is 3.70. The van der Waals surface area contributed by atoms with Crippen LogP contribution in [-0.2, 0) is 6.54 Å². The van der Waals surface area contributed by atoms with Gasteiger partial charge in [-0.15, -0.1) is 0 Å². The largest absolute Gasteiger partial charge is 0.354 e. The number of aromatic nitrogens is 1. The predicted molar refractivity (Wildman–Crippen MR) is 96.3 cm³/mol. The van der Waals surface area contributed by atoms with Gasteiger partial charge in [-0.3, -0.25) is 4.79 Å². The number of rotatable bonds is 5. The van der Waals surface area contributed by atoms with Gasteiger partial charge in [-0.05, 0) is 48.9 Å². The molecule has 0 saturated heterocycles. The summed E-state index contributed by atoms with van der Waals surface area (Å²) in [5, 5.41) is 6.00. The Morgan fingerprint density at radius 1 is 0.960 bits per heavy atom. The fourth-order valence-electron chi connectivity index (χ4n) is 2.28. The summed E-state index contributed by atoms with van der Waals surface area (Å²) >= 11 is 0. The van der Waals surface area contributed by atoms with E-state index in [1.165, 1.54) is 17.7 Å². The standard InChI is InChI=1S/C20H18FN3O/c1-14-2-8-17(9-3-14)24-18-10-11-19(22-13-18)20(25)23-12-15-4-6-16(21)7-5-15/h2-11,13,24H,12H2,1H3,(H,23,25). The highest BCUT2D eigenvalue weighted by Crippen LogP contribution is 2.16. The maximum Gasteiger partial charge on any atom is 0.270 e. The van der Waals surface area contributed by atoms with Gasteiger partial charge in [-0.25, -0.2) is 9.37 Å². The minimum absolute atomic E-state index is 0.272. The molecule has 0 aliphatic rings. The van der Waals surface area contributed by atoms with Crippen molar-refractivity contribution >= 4 is 17.3 Å². The summed E-state index contributed by atoms with van der Waals surface area (Å²) in [6, 6.07) is 17.5. The molecule has 0 aliphatic carbocycles. The van der Waals surface area contributed by atoms with E-state index >= 15 is 0 Å². The molecule has 0 bridgehead atoms. The van der Waals surface area contributed by atoms with Crippen molar-refractivity contribution in [1.29, 1.82) is 0 Å². The zero-order valence-corrected chi connectivity index (χ0v) is 13.8. The van der Waals surface area contributed by atoms with E-state index in [4.69, 9.17) is 0 Å². The van der Waals surface area contributed by atoms with Crippen LogP contribution in [0.1, 0.15) is 21.6 Å². The lowest BCUT2D eigenvalue weighted by Crippen LogP contribution is -2.23. The van der Waals surface area contributed by atoms with Crippen molar-refractivity contribution in [3.63, 3.8) is 0 Å². The van der Waals surface area contributed by atoms with Gasteiger partial charge in [0.05, 0.1) is 11.9 Å². The van der Waals surface area contributed by atoms with Crippen LogP contribution in [-0.4, -0.2) is 10.9 Å². The molecule has 0 radical (unpaired) electrons. The van der Waals surface area contributed by atoms with Gasteiger partial charge in [0.25, 0.3) is 5.91 Å². The van der Waals surface area contributed by atoms with Crippen LogP contribution < -0.4 is 10.6 Å². The first-order chi connectivity index (χ1) is 12.1. The summed E-state index contributed by atoms with van der Waals surface area (Å²) < 4.78 is 12.9. The van der Waals surface area contributed by atoms with E-state index in [1.54, 1.807) is 30.5 Å². The molecule has 0 atom stereocenters. The van der Waals surface area contributed by atoms with Crippen LogP contribution in [0.4, 0.5) is 15.8 Å². The average molecular weight is 335 g/mol. The van der Waals surface area contributed by atoms with Crippen molar-refractivity contribution < 1.29 is 9.18 Å². The number of nitrogens with zero attached hydrogens (tertiary/aromatic N) is 1. The Morgan fingerprint density at radius 2 is 1.64 bits per heavy atom. The van der Waals surface area contributed by atoms with Gasteiger partial charge in [-0.1, -0.05) is 29.8 Å². The van der Waals surface area contributed by atoms with E-state index in [2.05, 4.69) is 15.6 Å². The molecular formula is C20H18FN3O. The van der Waals surface area contributed by atoms with Gasteiger partial charge >= 0.3 is 0 Å². The van der Waals surface area contributed by atoms with Crippen LogP contribution in [0.25, 0.3) is 0 Å². The molecule has 1 aromatic heterocycles. The molecule has 0 spiro atoms. The molecular weight excluding hydrogens is 317 g/mol. The monoisotopic (exact) mass is 335 g/mol. The van der Waals surface area contributed by atoms with E-state index < -0.39 is 0 Å². The zero-order chi connectivity index (χ0) is 17.6. The van der Waals surface area contributed by atoms with Gasteiger partial charge in [0.1, 0.15) is 11.5 Å². The molecule has 4 nitrogen and oxygen atoms in total. The first kappa shape index (κ1) is 16.6. The summed E-state index contributed by atoms with van der Waals surface area (Å²) in [6.07, 6.45) is 1.62. The Kier molecular flexibility index (Phi) is 5.04. The molecule has 2 aromatic carbocycles. The number of hydrogen-bond acceptors (Lipinski definition) is 3. The Hall–Kier alpha value is -3.21. The van der Waals surface area contributed by atoms with E-state index in [1.807, 2.05) is 31.2 Å². The van der Waals surface area contributed by atoms with Gasteiger partial charge in [0.2, 0.25) is 0 Å². The molecule has 0 fully saturated rings. The summed E-state index contributed by atoms with van der Waals surface area (Å²) in [7, 11) is 0. The zero-order valence-electron chi connectivity index (χ0n) is 13.8. The van der Waals surface area contributed by atoms with E-state index in [0.29, 0.717) is 12.2 Å². The fourth-order valence-corrected chi connectivity index (χ4v) is 2.28. The number of amides is 1. The summed E-state index contributed by atoms with van der Waals surface area (Å²) in [6.45, 7) is 2.36. The Morgan fingerprint density at radius 3 is 2.28 bits per heavy atom. The van der Waals surface area contributed by atoms with Crippen molar-refractivity contribution in [2.45, 2.75) is 13.5 Å². The molecule has 5 heteroatoms. The van der Waals surface area contributed by atoms with Gasteiger partial charge < -0.3 is 10.6 Å².